The number of ether oxygens (including phenoxy) is 2. The Hall–Kier alpha value is -2.27. The number of piperidine rings is 1. The molecule has 5 nitrogen and oxygen atoms in total. The molecule has 5 heteroatoms. The van der Waals surface area contributed by atoms with E-state index in [-0.39, 0.29) is 6.10 Å². The van der Waals surface area contributed by atoms with Crippen molar-refractivity contribution < 1.29 is 9.47 Å². The quantitative estimate of drug-likeness (QED) is 0.825. The first kappa shape index (κ1) is 18.1. The summed E-state index contributed by atoms with van der Waals surface area (Å²) in [5.74, 6) is 2.27. The summed E-state index contributed by atoms with van der Waals surface area (Å²) in [6.45, 7) is 2.07. The van der Waals surface area contributed by atoms with Crippen LogP contribution < -0.4 is 19.7 Å². The largest absolute Gasteiger partial charge is 0.491 e. The van der Waals surface area contributed by atoms with Crippen LogP contribution >= 0.6 is 0 Å². The zero-order chi connectivity index (χ0) is 18.5. The van der Waals surface area contributed by atoms with Gasteiger partial charge >= 0.3 is 0 Å². The summed E-state index contributed by atoms with van der Waals surface area (Å²) >= 11 is 0. The predicted octanol–water partition coefficient (Wildman–Crippen LogP) is 4.30. The normalized spacial score (nSPS) is 18.4. The maximum Gasteiger partial charge on any atom is 0.259 e. The lowest BCUT2D eigenvalue weighted by atomic mass is 10.0. The third-order valence-corrected chi connectivity index (χ3v) is 5.57. The lowest BCUT2D eigenvalue weighted by Gasteiger charge is -2.36. The van der Waals surface area contributed by atoms with Gasteiger partial charge in [-0.1, -0.05) is 18.2 Å². The van der Waals surface area contributed by atoms with Gasteiger partial charge in [0.15, 0.2) is 5.75 Å². The molecule has 4 rings (SSSR count). The number of nitrogens with one attached hydrogen (secondary N) is 1. The highest BCUT2D eigenvalue weighted by atomic mass is 16.5. The number of aromatic nitrogens is 1. The second-order valence-electron chi connectivity index (χ2n) is 7.39. The van der Waals surface area contributed by atoms with E-state index in [0.717, 1.165) is 44.6 Å². The van der Waals surface area contributed by atoms with Gasteiger partial charge in [0.2, 0.25) is 0 Å². The monoisotopic (exact) mass is 367 g/mol. The fourth-order valence-corrected chi connectivity index (χ4v) is 4.14. The van der Waals surface area contributed by atoms with Gasteiger partial charge in [-0.3, -0.25) is 0 Å². The zero-order valence-corrected chi connectivity index (χ0v) is 16.1. The first-order valence-corrected chi connectivity index (χ1v) is 10.1. The third kappa shape index (κ3) is 4.19. The molecule has 27 heavy (non-hydrogen) atoms. The fourth-order valence-electron chi connectivity index (χ4n) is 4.14. The molecule has 1 N–H and O–H groups in total. The number of hydrogen-bond donors (Lipinski definition) is 1. The molecule has 2 heterocycles. The Balaban J connectivity index is 1.68. The summed E-state index contributed by atoms with van der Waals surface area (Å²) in [5, 5.41) is 3.46. The standard InChI is InChI=1S/C22H29N3O2/c1-26-20-11-12-21(24-22(20)27-19-9-5-6-10-19)25(17-7-3-2-4-8-17)18-13-15-23-16-14-18/h2-4,7-8,11-12,18-19,23H,5-6,9-10,13-16H2,1H3. The van der Waals surface area contributed by atoms with Crippen molar-refractivity contribution in [2.24, 2.45) is 0 Å². The molecule has 0 unspecified atom stereocenters. The molecule has 1 aliphatic carbocycles. The second-order valence-corrected chi connectivity index (χ2v) is 7.39. The highest BCUT2D eigenvalue weighted by molar-refractivity contribution is 5.62. The third-order valence-electron chi connectivity index (χ3n) is 5.57. The van der Waals surface area contributed by atoms with Crippen LogP contribution in [0.1, 0.15) is 38.5 Å². The molecule has 2 fully saturated rings. The molecular weight excluding hydrogens is 338 g/mol. The molecule has 0 radical (unpaired) electrons. The molecule has 1 aromatic heterocycles. The molecule has 2 aliphatic rings. The van der Waals surface area contributed by atoms with Crippen LogP contribution in [-0.2, 0) is 0 Å². The van der Waals surface area contributed by atoms with Gasteiger partial charge in [-0.25, -0.2) is 0 Å². The molecule has 144 valence electrons. The van der Waals surface area contributed by atoms with Crippen LogP contribution in [0.25, 0.3) is 0 Å². The molecule has 0 spiro atoms. The van der Waals surface area contributed by atoms with E-state index in [4.69, 9.17) is 14.5 Å². The fraction of sp³-hybridized carbons (Fsp3) is 0.500. The van der Waals surface area contributed by atoms with Crippen LogP contribution in [0.4, 0.5) is 11.5 Å². The van der Waals surface area contributed by atoms with E-state index in [1.54, 1.807) is 7.11 Å². The van der Waals surface area contributed by atoms with Crippen molar-refractivity contribution in [2.45, 2.75) is 50.7 Å². The van der Waals surface area contributed by atoms with Gasteiger partial charge in [0.1, 0.15) is 11.9 Å². The minimum absolute atomic E-state index is 0.255. The van der Waals surface area contributed by atoms with E-state index in [9.17, 15) is 0 Å². The van der Waals surface area contributed by atoms with Crippen LogP contribution in [0.5, 0.6) is 11.6 Å². The van der Waals surface area contributed by atoms with Crippen molar-refractivity contribution in [3.05, 3.63) is 42.5 Å². The minimum atomic E-state index is 0.255. The summed E-state index contributed by atoms with van der Waals surface area (Å²) in [6, 6.07) is 15.0. The molecule has 2 aromatic rings. The van der Waals surface area contributed by atoms with Crippen molar-refractivity contribution >= 4 is 11.5 Å². The van der Waals surface area contributed by atoms with E-state index in [1.807, 2.05) is 6.07 Å². The molecule has 1 saturated carbocycles. The van der Waals surface area contributed by atoms with Crippen LogP contribution in [0.3, 0.4) is 0 Å². The first-order valence-electron chi connectivity index (χ1n) is 10.1. The van der Waals surface area contributed by atoms with Gasteiger partial charge in [-0.2, -0.15) is 4.98 Å². The number of benzene rings is 1. The maximum absolute atomic E-state index is 6.24. The molecule has 1 saturated heterocycles. The predicted molar refractivity (Wildman–Crippen MR) is 108 cm³/mol. The number of rotatable bonds is 6. The smallest absolute Gasteiger partial charge is 0.259 e. The summed E-state index contributed by atoms with van der Waals surface area (Å²) in [7, 11) is 1.68. The van der Waals surface area contributed by atoms with Crippen molar-refractivity contribution in [3.63, 3.8) is 0 Å². The van der Waals surface area contributed by atoms with Gasteiger partial charge in [0, 0.05) is 11.7 Å². The van der Waals surface area contributed by atoms with E-state index in [1.165, 1.54) is 18.5 Å². The Morgan fingerprint density at radius 3 is 2.41 bits per heavy atom. The molecule has 0 amide bonds. The van der Waals surface area contributed by atoms with Crippen LogP contribution in [-0.4, -0.2) is 37.3 Å². The lowest BCUT2D eigenvalue weighted by molar-refractivity contribution is 0.192. The Morgan fingerprint density at radius 2 is 1.70 bits per heavy atom. The van der Waals surface area contributed by atoms with Crippen LogP contribution in [0.2, 0.25) is 0 Å². The maximum atomic E-state index is 6.24. The van der Waals surface area contributed by atoms with E-state index in [0.29, 0.717) is 17.7 Å². The van der Waals surface area contributed by atoms with Crippen molar-refractivity contribution in [3.8, 4) is 11.6 Å². The van der Waals surface area contributed by atoms with E-state index in [2.05, 4.69) is 46.6 Å². The van der Waals surface area contributed by atoms with Gasteiger partial charge in [0.05, 0.1) is 7.11 Å². The number of hydrogen-bond acceptors (Lipinski definition) is 5. The second kappa shape index (κ2) is 8.61. The van der Waals surface area contributed by atoms with Gasteiger partial charge in [-0.05, 0) is 75.9 Å². The summed E-state index contributed by atoms with van der Waals surface area (Å²) in [6.07, 6.45) is 7.13. The van der Waals surface area contributed by atoms with Crippen molar-refractivity contribution in [1.29, 1.82) is 0 Å². The summed E-state index contributed by atoms with van der Waals surface area (Å²) in [4.78, 5) is 7.28. The molecule has 0 bridgehead atoms. The molecular formula is C22H29N3O2. The summed E-state index contributed by atoms with van der Waals surface area (Å²) in [5.41, 5.74) is 1.17. The zero-order valence-electron chi connectivity index (χ0n) is 16.1. The number of anilines is 2. The van der Waals surface area contributed by atoms with Crippen LogP contribution in [0.15, 0.2) is 42.5 Å². The van der Waals surface area contributed by atoms with Gasteiger partial charge < -0.3 is 19.7 Å². The molecule has 1 aliphatic heterocycles. The van der Waals surface area contributed by atoms with Crippen molar-refractivity contribution in [1.82, 2.24) is 10.3 Å². The van der Waals surface area contributed by atoms with E-state index >= 15 is 0 Å². The highest BCUT2D eigenvalue weighted by Crippen LogP contribution is 2.36. The van der Waals surface area contributed by atoms with E-state index < -0.39 is 0 Å². The van der Waals surface area contributed by atoms with Gasteiger partial charge in [0.25, 0.3) is 5.88 Å². The Labute approximate surface area is 161 Å². The van der Waals surface area contributed by atoms with Gasteiger partial charge in [-0.15, -0.1) is 0 Å². The average Bonchev–Trinajstić information content (AvgIpc) is 3.23. The Bertz CT molecular complexity index is 726. The number of para-hydroxylation sites is 1. The highest BCUT2D eigenvalue weighted by Gasteiger charge is 2.26. The minimum Gasteiger partial charge on any atom is -0.491 e. The Kier molecular flexibility index (Phi) is 5.78. The van der Waals surface area contributed by atoms with Crippen molar-refractivity contribution in [2.75, 3.05) is 25.1 Å². The van der Waals surface area contributed by atoms with Crippen LogP contribution in [0, 0.1) is 0 Å². The number of pyridine rings is 1. The lowest BCUT2D eigenvalue weighted by Crippen LogP contribution is -2.41. The average molecular weight is 367 g/mol. The molecule has 1 aromatic carbocycles. The number of nitrogens with zero attached hydrogens (tertiary/aromatic N) is 2. The molecule has 0 atom stereocenters. The topological polar surface area (TPSA) is 46.6 Å². The SMILES string of the molecule is COc1ccc(N(c2ccccc2)C2CCNCC2)nc1OC1CCCC1. The number of methoxy groups -OCH3 is 1. The Morgan fingerprint density at radius 1 is 0.963 bits per heavy atom. The first-order chi connectivity index (χ1) is 13.3. The summed E-state index contributed by atoms with van der Waals surface area (Å²) < 4.78 is 11.8.